The zero-order valence-corrected chi connectivity index (χ0v) is 14.2. The molecule has 6 aromatic rings. The van der Waals surface area contributed by atoms with Crippen molar-refractivity contribution in [2.75, 3.05) is 0 Å². The van der Waals surface area contributed by atoms with Gasteiger partial charge in [-0.3, -0.25) is 4.98 Å². The summed E-state index contributed by atoms with van der Waals surface area (Å²) >= 11 is 0. The molecule has 0 N–H and O–H groups in total. The second-order valence-corrected chi connectivity index (χ2v) is 6.80. The molecule has 0 aliphatic carbocycles. The third-order valence-corrected chi connectivity index (χ3v) is 5.33. The van der Waals surface area contributed by atoms with E-state index in [1.54, 1.807) is 0 Å². The number of aryl methyl sites for hydroxylation is 2. The molecule has 2 nitrogen and oxygen atoms in total. The summed E-state index contributed by atoms with van der Waals surface area (Å²) in [6.45, 7) is -5.16. The molecule has 0 amide bonds. The van der Waals surface area contributed by atoms with Crippen molar-refractivity contribution in [1.29, 1.82) is 0 Å². The fourth-order valence-electron chi connectivity index (χ4n) is 4.17. The number of nitrogens with zero attached hydrogens (tertiary/aromatic N) is 1. The number of aromatic nitrogens is 1. The first-order valence-corrected chi connectivity index (χ1v) is 8.74. The lowest BCUT2D eigenvalue weighted by molar-refractivity contribution is 0.669. The second kappa shape index (κ2) is 5.08. The van der Waals surface area contributed by atoms with E-state index in [-0.39, 0.29) is 11.1 Å². The van der Waals surface area contributed by atoms with Gasteiger partial charge in [0.05, 0.1) is 5.69 Å². The number of fused-ring (bicyclic) bond motifs is 3. The minimum absolute atomic E-state index is 0.207. The van der Waals surface area contributed by atoms with Gasteiger partial charge in [-0.05, 0) is 65.3 Å². The van der Waals surface area contributed by atoms with Crippen molar-refractivity contribution < 1.29 is 12.6 Å². The van der Waals surface area contributed by atoms with Crippen LogP contribution >= 0.6 is 0 Å². The Morgan fingerprint density at radius 3 is 2.41 bits per heavy atom. The van der Waals surface area contributed by atoms with Crippen molar-refractivity contribution in [2.24, 2.45) is 0 Å². The molecular weight excluding hydrogens is 330 g/mol. The lowest BCUT2D eigenvalue weighted by Crippen LogP contribution is -1.91. The van der Waals surface area contributed by atoms with Crippen LogP contribution in [0.3, 0.4) is 0 Å². The second-order valence-electron chi connectivity index (χ2n) is 6.80. The maximum atomic E-state index is 7.93. The monoisotopic (exact) mass is 353 g/mol. The molecule has 2 aromatic heterocycles. The molecule has 4 aromatic carbocycles. The molecule has 0 spiro atoms. The van der Waals surface area contributed by atoms with Crippen LogP contribution in [0.15, 0.2) is 71.3 Å². The number of pyridine rings is 1. The van der Waals surface area contributed by atoms with Gasteiger partial charge in [-0.15, -0.1) is 0 Å². The predicted octanol–water partition coefficient (Wildman–Crippen LogP) is 7.01. The van der Waals surface area contributed by atoms with Crippen LogP contribution in [0.4, 0.5) is 0 Å². The van der Waals surface area contributed by atoms with E-state index < -0.39 is 13.7 Å². The Labute approximate surface area is 164 Å². The third kappa shape index (κ3) is 1.87. The Bertz CT molecular complexity index is 1690. The number of furan rings is 1. The van der Waals surface area contributed by atoms with Gasteiger partial charge in [-0.25, -0.2) is 0 Å². The van der Waals surface area contributed by atoms with Gasteiger partial charge < -0.3 is 4.42 Å². The minimum Gasteiger partial charge on any atom is -0.456 e. The van der Waals surface area contributed by atoms with Gasteiger partial charge in [0, 0.05) is 36.1 Å². The molecule has 27 heavy (non-hydrogen) atoms. The van der Waals surface area contributed by atoms with Crippen molar-refractivity contribution in [3.05, 3.63) is 78.0 Å². The van der Waals surface area contributed by atoms with E-state index in [0.717, 1.165) is 49.0 Å². The van der Waals surface area contributed by atoms with Gasteiger partial charge >= 0.3 is 0 Å². The van der Waals surface area contributed by atoms with E-state index in [1.165, 1.54) is 12.3 Å². The van der Waals surface area contributed by atoms with Crippen molar-refractivity contribution >= 4 is 43.5 Å². The van der Waals surface area contributed by atoms with Gasteiger partial charge in [0.2, 0.25) is 0 Å². The highest BCUT2D eigenvalue weighted by molar-refractivity contribution is 6.35. The molecule has 0 fully saturated rings. The predicted molar refractivity (Wildman–Crippen MR) is 113 cm³/mol. The average Bonchev–Trinajstić information content (AvgIpc) is 3.16. The lowest BCUT2D eigenvalue weighted by atomic mass is 9.90. The Kier molecular flexibility index (Phi) is 1.89. The largest absolute Gasteiger partial charge is 0.456 e. The van der Waals surface area contributed by atoms with Crippen LogP contribution in [-0.4, -0.2) is 4.98 Å². The van der Waals surface area contributed by atoms with Crippen molar-refractivity contribution in [3.63, 3.8) is 0 Å². The van der Waals surface area contributed by atoms with E-state index in [1.807, 2.05) is 42.5 Å². The Balaban J connectivity index is 1.77. The van der Waals surface area contributed by atoms with Gasteiger partial charge in [-0.2, -0.15) is 0 Å². The zero-order chi connectivity index (χ0) is 23.1. The highest BCUT2D eigenvalue weighted by atomic mass is 16.3. The first-order valence-electron chi connectivity index (χ1n) is 11.7. The van der Waals surface area contributed by atoms with Crippen LogP contribution in [0.2, 0.25) is 0 Å². The van der Waals surface area contributed by atoms with Crippen molar-refractivity contribution in [3.8, 4) is 11.3 Å². The average molecular weight is 353 g/mol. The van der Waals surface area contributed by atoms with Gasteiger partial charge in [-0.1, -0.05) is 36.4 Å². The number of hydrogen-bond acceptors (Lipinski definition) is 2. The molecule has 0 atom stereocenters. The smallest absolute Gasteiger partial charge is 0.136 e. The van der Waals surface area contributed by atoms with Crippen LogP contribution in [0.25, 0.3) is 54.7 Å². The summed E-state index contributed by atoms with van der Waals surface area (Å²) in [6, 6.07) is 19.1. The summed E-state index contributed by atoms with van der Waals surface area (Å²) in [6.07, 6.45) is 1.18. The molecule has 0 bridgehead atoms. The highest BCUT2D eigenvalue weighted by Gasteiger charge is 2.20. The summed E-state index contributed by atoms with van der Waals surface area (Å²) in [7, 11) is 0. The third-order valence-electron chi connectivity index (χ3n) is 5.33. The van der Waals surface area contributed by atoms with E-state index in [9.17, 15) is 0 Å². The molecule has 0 saturated carbocycles. The van der Waals surface area contributed by atoms with Crippen LogP contribution in [0.5, 0.6) is 0 Å². The fraction of sp³-hybridized carbons (Fsp3) is 0.0800. The molecular formula is C25H17NO. The molecule has 2 heteroatoms. The molecule has 128 valence electrons. The van der Waals surface area contributed by atoms with Crippen LogP contribution in [0, 0.1) is 13.7 Å². The topological polar surface area (TPSA) is 26.0 Å². The number of hydrogen-bond donors (Lipinski definition) is 0. The van der Waals surface area contributed by atoms with Crippen LogP contribution < -0.4 is 0 Å². The molecule has 6 rings (SSSR count). The summed E-state index contributed by atoms with van der Waals surface area (Å²) in [5.74, 6) is 0. The first-order chi connectivity index (χ1) is 15.6. The van der Waals surface area contributed by atoms with Gasteiger partial charge in [0.1, 0.15) is 11.2 Å². The molecule has 0 unspecified atom stereocenters. The zero-order valence-electron chi connectivity index (χ0n) is 20.2. The fourth-order valence-corrected chi connectivity index (χ4v) is 4.17. The number of benzene rings is 4. The summed E-state index contributed by atoms with van der Waals surface area (Å²) < 4.78 is 53.2. The van der Waals surface area contributed by atoms with Gasteiger partial charge in [0.15, 0.2) is 0 Å². The van der Waals surface area contributed by atoms with E-state index in [0.29, 0.717) is 5.69 Å². The standard InChI is InChI=1S/C25H17NO/c1-14-12-20(26-13-15(14)2)19-10-11-22-25-23(19)17-7-4-3-6-16(17)18-8-5-9-21(27-22)24(18)25/h3-13H,1-2H3/i1D3,2D3. The quantitative estimate of drug-likeness (QED) is 0.297. The first kappa shape index (κ1) is 10.1. The molecule has 2 heterocycles. The highest BCUT2D eigenvalue weighted by Crippen LogP contribution is 2.45. The summed E-state index contributed by atoms with van der Waals surface area (Å²) in [5.41, 5.74) is 2.20. The number of rotatable bonds is 1. The Morgan fingerprint density at radius 2 is 1.52 bits per heavy atom. The molecule has 0 aliphatic heterocycles. The Hall–Kier alpha value is -3.39. The van der Waals surface area contributed by atoms with Crippen molar-refractivity contribution in [2.45, 2.75) is 13.7 Å². The summed E-state index contributed by atoms with van der Waals surface area (Å²) in [5, 5.41) is 6.01. The summed E-state index contributed by atoms with van der Waals surface area (Å²) in [4.78, 5) is 4.42. The minimum atomic E-state index is -2.59. The van der Waals surface area contributed by atoms with Crippen LogP contribution in [0.1, 0.15) is 19.4 Å². The maximum absolute atomic E-state index is 7.93. The SMILES string of the molecule is [2H]C([2H])([2H])c1cnc(-c2ccc3oc4cccc5c6ccccc6c2c3c45)cc1C([2H])([2H])[2H]. The normalized spacial score (nSPS) is 16.3. The maximum Gasteiger partial charge on any atom is 0.136 e. The van der Waals surface area contributed by atoms with E-state index in [2.05, 4.69) is 17.1 Å². The molecule has 0 aliphatic rings. The molecule has 0 saturated heterocycles. The lowest BCUT2D eigenvalue weighted by Gasteiger charge is -2.12. The van der Waals surface area contributed by atoms with E-state index in [4.69, 9.17) is 12.6 Å². The molecule has 0 radical (unpaired) electrons. The van der Waals surface area contributed by atoms with Crippen molar-refractivity contribution in [1.82, 2.24) is 4.98 Å². The van der Waals surface area contributed by atoms with E-state index >= 15 is 0 Å². The van der Waals surface area contributed by atoms with Gasteiger partial charge in [0.25, 0.3) is 0 Å². The Morgan fingerprint density at radius 1 is 0.741 bits per heavy atom. The van der Waals surface area contributed by atoms with Crippen LogP contribution in [-0.2, 0) is 0 Å².